The summed E-state index contributed by atoms with van der Waals surface area (Å²) in [5, 5.41) is 12.5. The maximum Gasteiger partial charge on any atom is 0.425 e. The molecule has 1 atom stereocenters. The van der Waals surface area contributed by atoms with E-state index in [1.165, 1.54) is 47.2 Å². The first-order valence-electron chi connectivity index (χ1n) is 9.58. The minimum Gasteiger partial charge on any atom is -0.397 e. The SMILES string of the molecule is Cn1cc(C(O)(c2ccc(N(N)c3ccc(F)cc3)c(N)c2)C(F)(F)F)c2ccccc21. The molecule has 3 aromatic carbocycles. The van der Waals surface area contributed by atoms with Crippen molar-refractivity contribution in [1.29, 1.82) is 0 Å². The molecule has 0 aliphatic heterocycles. The molecule has 9 heteroatoms. The van der Waals surface area contributed by atoms with Gasteiger partial charge >= 0.3 is 6.18 Å². The predicted molar refractivity (Wildman–Crippen MR) is 116 cm³/mol. The van der Waals surface area contributed by atoms with Crippen molar-refractivity contribution in [3.05, 3.63) is 89.9 Å². The van der Waals surface area contributed by atoms with Gasteiger partial charge in [0, 0.05) is 29.7 Å². The highest BCUT2D eigenvalue weighted by Gasteiger charge is 2.57. The molecule has 1 unspecified atom stereocenters. The van der Waals surface area contributed by atoms with Crippen molar-refractivity contribution in [3.63, 3.8) is 0 Å². The van der Waals surface area contributed by atoms with Crippen molar-refractivity contribution in [2.24, 2.45) is 12.9 Å². The summed E-state index contributed by atoms with van der Waals surface area (Å²) in [5.74, 6) is 5.58. The summed E-state index contributed by atoms with van der Waals surface area (Å²) in [6.45, 7) is 0. The highest BCUT2D eigenvalue weighted by molar-refractivity contribution is 5.86. The van der Waals surface area contributed by atoms with Crippen LogP contribution in [0.5, 0.6) is 0 Å². The molecule has 5 nitrogen and oxygen atoms in total. The third kappa shape index (κ3) is 3.35. The Hall–Kier alpha value is -3.56. The molecular formula is C23H20F4N4O. The molecule has 1 aromatic heterocycles. The number of aryl methyl sites for hydroxylation is 1. The maximum absolute atomic E-state index is 14.3. The van der Waals surface area contributed by atoms with Gasteiger partial charge in [0.15, 0.2) is 0 Å². The Morgan fingerprint density at radius 3 is 2.25 bits per heavy atom. The topological polar surface area (TPSA) is 80.4 Å². The first kappa shape index (κ1) is 21.7. The smallest absolute Gasteiger partial charge is 0.397 e. The predicted octanol–water partition coefficient (Wildman–Crippen LogP) is 4.71. The van der Waals surface area contributed by atoms with Crippen molar-refractivity contribution >= 4 is 28.0 Å². The lowest BCUT2D eigenvalue weighted by Gasteiger charge is -2.32. The molecule has 0 saturated heterocycles. The van der Waals surface area contributed by atoms with E-state index in [1.807, 2.05) is 0 Å². The molecule has 0 aliphatic carbocycles. The van der Waals surface area contributed by atoms with E-state index in [0.717, 1.165) is 17.1 Å². The maximum atomic E-state index is 14.3. The molecule has 0 aliphatic rings. The fraction of sp³-hybridized carbons (Fsp3) is 0.130. The number of halogens is 4. The number of rotatable bonds is 4. The van der Waals surface area contributed by atoms with Crippen molar-refractivity contribution in [2.75, 3.05) is 10.7 Å². The van der Waals surface area contributed by atoms with Crippen molar-refractivity contribution in [2.45, 2.75) is 11.8 Å². The van der Waals surface area contributed by atoms with Gasteiger partial charge in [-0.2, -0.15) is 13.2 Å². The van der Waals surface area contributed by atoms with E-state index in [2.05, 4.69) is 0 Å². The minimum absolute atomic E-state index is 0.0859. The van der Waals surface area contributed by atoms with Crippen LogP contribution in [0, 0.1) is 5.82 Å². The molecule has 5 N–H and O–H groups in total. The summed E-state index contributed by atoms with van der Waals surface area (Å²) < 4.78 is 57.7. The summed E-state index contributed by atoms with van der Waals surface area (Å²) in [5.41, 5.74) is 3.01. The first-order chi connectivity index (χ1) is 15.0. The number of fused-ring (bicyclic) bond motifs is 1. The van der Waals surface area contributed by atoms with Gasteiger partial charge in [-0.25, -0.2) is 10.2 Å². The Bertz CT molecular complexity index is 1280. The number of anilines is 3. The van der Waals surface area contributed by atoms with Crippen LogP contribution >= 0.6 is 0 Å². The molecule has 0 bridgehead atoms. The minimum atomic E-state index is -5.04. The summed E-state index contributed by atoms with van der Waals surface area (Å²) in [4.78, 5) is 0. The molecule has 0 amide bonds. The Balaban J connectivity index is 1.85. The van der Waals surface area contributed by atoms with Crippen LogP contribution in [0.25, 0.3) is 10.9 Å². The third-order valence-corrected chi connectivity index (χ3v) is 5.51. The molecule has 166 valence electrons. The molecule has 0 spiro atoms. The number of aromatic nitrogens is 1. The fourth-order valence-corrected chi connectivity index (χ4v) is 3.84. The monoisotopic (exact) mass is 444 g/mol. The Morgan fingerprint density at radius 1 is 0.969 bits per heavy atom. The number of hydrazine groups is 1. The number of benzene rings is 3. The van der Waals surface area contributed by atoms with Crippen molar-refractivity contribution in [1.82, 2.24) is 4.57 Å². The molecule has 4 rings (SSSR count). The lowest BCUT2D eigenvalue weighted by Crippen LogP contribution is -2.43. The quantitative estimate of drug-likeness (QED) is 0.184. The molecule has 4 aromatic rings. The Kier molecular flexibility index (Phi) is 5.10. The Labute approximate surface area is 181 Å². The van der Waals surface area contributed by atoms with Crippen LogP contribution in [0.2, 0.25) is 0 Å². The lowest BCUT2D eigenvalue weighted by molar-refractivity contribution is -0.247. The molecule has 1 heterocycles. The number of hydrogen-bond acceptors (Lipinski definition) is 4. The highest BCUT2D eigenvalue weighted by atomic mass is 19.4. The normalized spacial score (nSPS) is 13.8. The zero-order chi connectivity index (χ0) is 23.3. The molecular weight excluding hydrogens is 424 g/mol. The zero-order valence-corrected chi connectivity index (χ0v) is 16.9. The summed E-state index contributed by atoms with van der Waals surface area (Å²) in [7, 11) is 1.61. The summed E-state index contributed by atoms with van der Waals surface area (Å²) in [6.07, 6.45) is -3.78. The van der Waals surface area contributed by atoms with E-state index in [9.17, 15) is 22.7 Å². The fourth-order valence-electron chi connectivity index (χ4n) is 3.84. The van der Waals surface area contributed by atoms with Crippen LogP contribution < -0.4 is 16.6 Å². The van der Waals surface area contributed by atoms with Crippen LogP contribution in [0.3, 0.4) is 0 Å². The molecule has 32 heavy (non-hydrogen) atoms. The van der Waals surface area contributed by atoms with E-state index in [0.29, 0.717) is 11.2 Å². The van der Waals surface area contributed by atoms with E-state index in [-0.39, 0.29) is 22.3 Å². The van der Waals surface area contributed by atoms with Gasteiger partial charge < -0.3 is 15.4 Å². The molecule has 0 fully saturated rings. The zero-order valence-electron chi connectivity index (χ0n) is 16.9. The summed E-state index contributed by atoms with van der Waals surface area (Å²) >= 11 is 0. The van der Waals surface area contributed by atoms with Gasteiger partial charge in [-0.3, -0.25) is 5.01 Å². The van der Waals surface area contributed by atoms with Crippen LogP contribution in [-0.2, 0) is 12.6 Å². The second-order valence-electron chi connectivity index (χ2n) is 7.50. The van der Waals surface area contributed by atoms with Gasteiger partial charge in [0.25, 0.3) is 0 Å². The van der Waals surface area contributed by atoms with Crippen LogP contribution in [0.1, 0.15) is 11.1 Å². The second kappa shape index (κ2) is 7.54. The molecule has 0 saturated carbocycles. The van der Waals surface area contributed by atoms with Gasteiger partial charge in [-0.1, -0.05) is 24.3 Å². The number of alkyl halides is 3. The first-order valence-corrected chi connectivity index (χ1v) is 9.58. The van der Waals surface area contributed by atoms with Crippen molar-refractivity contribution < 1.29 is 22.7 Å². The molecule has 0 radical (unpaired) electrons. The van der Waals surface area contributed by atoms with Gasteiger partial charge in [0.05, 0.1) is 17.1 Å². The average molecular weight is 444 g/mol. The van der Waals surface area contributed by atoms with Crippen LogP contribution in [0.4, 0.5) is 34.6 Å². The van der Waals surface area contributed by atoms with Gasteiger partial charge in [0.2, 0.25) is 5.60 Å². The van der Waals surface area contributed by atoms with Gasteiger partial charge in [0.1, 0.15) is 5.82 Å². The van der Waals surface area contributed by atoms with Gasteiger partial charge in [-0.05, 0) is 48.0 Å². The second-order valence-corrected chi connectivity index (χ2v) is 7.50. The lowest BCUT2D eigenvalue weighted by atomic mass is 9.85. The summed E-state index contributed by atoms with van der Waals surface area (Å²) in [6, 6.07) is 15.2. The number of hydrogen-bond donors (Lipinski definition) is 3. The van der Waals surface area contributed by atoms with Crippen LogP contribution in [-0.4, -0.2) is 15.8 Å². The van der Waals surface area contributed by atoms with E-state index < -0.39 is 23.2 Å². The number of nitrogens with zero attached hydrogens (tertiary/aromatic N) is 2. The Morgan fingerprint density at radius 2 is 1.62 bits per heavy atom. The standard InChI is InChI=1S/C23H20F4N4O/c1-30-13-18(17-4-2-3-5-20(17)30)22(32,23(25,26)27)14-6-11-21(19(28)12-14)31(29)16-9-7-15(24)8-10-16/h2-13,32H,28-29H2,1H3. The van der Waals surface area contributed by atoms with Crippen molar-refractivity contribution in [3.8, 4) is 0 Å². The van der Waals surface area contributed by atoms with E-state index in [1.54, 1.807) is 25.2 Å². The van der Waals surface area contributed by atoms with Crippen LogP contribution in [0.15, 0.2) is 72.9 Å². The number of nitrogen functional groups attached to an aromatic ring is 1. The number of para-hydroxylation sites is 1. The largest absolute Gasteiger partial charge is 0.425 e. The van der Waals surface area contributed by atoms with E-state index >= 15 is 0 Å². The number of nitrogens with two attached hydrogens (primary N) is 2. The van der Waals surface area contributed by atoms with Gasteiger partial charge in [-0.15, -0.1) is 0 Å². The number of aliphatic hydroxyl groups is 1. The van der Waals surface area contributed by atoms with E-state index in [4.69, 9.17) is 11.6 Å². The average Bonchev–Trinajstić information content (AvgIpc) is 3.09. The highest BCUT2D eigenvalue weighted by Crippen LogP contribution is 2.48. The third-order valence-electron chi connectivity index (χ3n) is 5.51.